The van der Waals surface area contributed by atoms with Gasteiger partial charge in [-0.3, -0.25) is 4.79 Å². The summed E-state index contributed by atoms with van der Waals surface area (Å²) in [7, 11) is 0. The summed E-state index contributed by atoms with van der Waals surface area (Å²) in [5.41, 5.74) is 1.68. The van der Waals surface area contributed by atoms with Crippen LogP contribution in [-0.4, -0.2) is 31.8 Å². The highest BCUT2D eigenvalue weighted by Crippen LogP contribution is 2.24. The van der Waals surface area contributed by atoms with Crippen LogP contribution >= 0.6 is 0 Å². The Morgan fingerprint density at radius 3 is 2.73 bits per heavy atom. The Bertz CT molecular complexity index is 699. The third-order valence-corrected chi connectivity index (χ3v) is 4.54. The van der Waals surface area contributed by atoms with Crippen LogP contribution in [0.5, 0.6) is 5.75 Å². The van der Waals surface area contributed by atoms with E-state index in [9.17, 15) is 4.79 Å². The lowest BCUT2D eigenvalue weighted by Crippen LogP contribution is -2.89. The molecule has 5 nitrogen and oxygen atoms in total. The van der Waals surface area contributed by atoms with E-state index in [4.69, 9.17) is 9.47 Å². The van der Waals surface area contributed by atoms with Crippen LogP contribution in [0.3, 0.4) is 0 Å². The summed E-state index contributed by atoms with van der Waals surface area (Å²) < 4.78 is 11.3. The van der Waals surface area contributed by atoms with Gasteiger partial charge in [-0.1, -0.05) is 42.5 Å². The van der Waals surface area contributed by atoms with Crippen molar-refractivity contribution in [1.29, 1.82) is 0 Å². The van der Waals surface area contributed by atoms with E-state index in [1.165, 1.54) is 0 Å². The third-order valence-electron chi connectivity index (χ3n) is 4.54. The van der Waals surface area contributed by atoms with Crippen molar-refractivity contribution >= 4 is 11.6 Å². The summed E-state index contributed by atoms with van der Waals surface area (Å²) in [5, 5.41) is 5.11. The summed E-state index contributed by atoms with van der Waals surface area (Å²) in [6.45, 7) is 4.09. The number of nitrogens with two attached hydrogens (primary N) is 1. The zero-order valence-corrected chi connectivity index (χ0v) is 15.2. The molecule has 1 saturated heterocycles. The predicted molar refractivity (Wildman–Crippen MR) is 101 cm³/mol. The number of nitrogens with one attached hydrogen (secondary N) is 1. The molecule has 1 amide bonds. The Labute approximate surface area is 154 Å². The minimum Gasteiger partial charge on any atom is -0.492 e. The Kier molecular flexibility index (Phi) is 6.63. The first-order chi connectivity index (χ1) is 12.8. The average molecular weight is 355 g/mol. The van der Waals surface area contributed by atoms with Crippen molar-refractivity contribution in [2.24, 2.45) is 0 Å². The molecule has 1 aliphatic rings. The van der Waals surface area contributed by atoms with E-state index < -0.39 is 0 Å². The minimum atomic E-state index is -0.324. The zero-order chi connectivity index (χ0) is 18.2. The third kappa shape index (κ3) is 4.84. The average Bonchev–Trinajstić information content (AvgIpc) is 3.18. The lowest BCUT2D eigenvalue weighted by atomic mass is 10.1. The van der Waals surface area contributed by atoms with Crippen LogP contribution in [0.2, 0.25) is 0 Å². The van der Waals surface area contributed by atoms with Crippen molar-refractivity contribution in [2.45, 2.75) is 31.9 Å². The van der Waals surface area contributed by atoms with Crippen LogP contribution < -0.4 is 15.4 Å². The molecule has 0 aromatic heterocycles. The van der Waals surface area contributed by atoms with Gasteiger partial charge in [-0.25, -0.2) is 0 Å². The molecule has 2 aromatic carbocycles. The van der Waals surface area contributed by atoms with Crippen molar-refractivity contribution in [3.05, 3.63) is 60.2 Å². The highest BCUT2D eigenvalue weighted by atomic mass is 16.5. The van der Waals surface area contributed by atoms with Crippen molar-refractivity contribution in [3.8, 4) is 5.75 Å². The van der Waals surface area contributed by atoms with E-state index >= 15 is 0 Å². The van der Waals surface area contributed by atoms with Gasteiger partial charge in [-0.2, -0.15) is 0 Å². The number of ether oxygens (including phenoxy) is 2. The Balaban J connectivity index is 1.74. The molecular weight excluding hydrogens is 328 g/mol. The SMILES string of the molecule is CCOc1ccccc1NC(=O)[C@@H]([NH2+]C[C@@H]1CCCO1)c1ccccc1. The number of carbonyl (C=O) groups excluding carboxylic acids is 1. The first-order valence-electron chi connectivity index (χ1n) is 9.30. The van der Waals surface area contributed by atoms with E-state index in [1.54, 1.807) is 0 Å². The number of hydrogen-bond donors (Lipinski definition) is 2. The van der Waals surface area contributed by atoms with Crippen LogP contribution in [0.4, 0.5) is 5.69 Å². The maximum absolute atomic E-state index is 13.0. The molecule has 0 aliphatic carbocycles. The zero-order valence-electron chi connectivity index (χ0n) is 15.2. The van der Waals surface area contributed by atoms with Gasteiger partial charge in [0.25, 0.3) is 5.91 Å². The standard InChI is InChI=1S/C21H26N2O3/c1-2-25-19-13-7-6-12-18(19)23-21(24)20(16-9-4-3-5-10-16)22-15-17-11-8-14-26-17/h3-7,9-10,12-13,17,20,22H,2,8,11,14-15H2,1H3,(H,23,24)/p+1/t17-,20-/m0/s1. The van der Waals surface area contributed by atoms with Crippen molar-refractivity contribution in [2.75, 3.05) is 25.1 Å². The van der Waals surface area contributed by atoms with Crippen LogP contribution in [0.15, 0.2) is 54.6 Å². The van der Waals surface area contributed by atoms with Gasteiger partial charge < -0.3 is 20.1 Å². The maximum Gasteiger partial charge on any atom is 0.287 e. The maximum atomic E-state index is 13.0. The van der Waals surface area contributed by atoms with Crippen LogP contribution in [0, 0.1) is 0 Å². The topological polar surface area (TPSA) is 64.2 Å². The molecular formula is C21H27N2O3+. The normalized spacial score (nSPS) is 17.7. The fourth-order valence-electron chi connectivity index (χ4n) is 3.23. The van der Waals surface area contributed by atoms with Crippen LogP contribution in [0.25, 0.3) is 0 Å². The van der Waals surface area contributed by atoms with Gasteiger partial charge in [-0.05, 0) is 31.9 Å². The number of anilines is 1. The summed E-state index contributed by atoms with van der Waals surface area (Å²) in [4.78, 5) is 13.0. The molecule has 2 atom stereocenters. The molecule has 0 bridgehead atoms. The number of carbonyl (C=O) groups is 1. The molecule has 1 fully saturated rings. The second-order valence-corrected chi connectivity index (χ2v) is 6.41. The quantitative estimate of drug-likeness (QED) is 0.765. The second kappa shape index (κ2) is 9.36. The molecule has 0 unspecified atom stereocenters. The minimum absolute atomic E-state index is 0.0543. The summed E-state index contributed by atoms with van der Waals surface area (Å²) in [6, 6.07) is 17.1. The van der Waals surface area contributed by atoms with E-state index in [2.05, 4.69) is 10.6 Å². The van der Waals surface area contributed by atoms with E-state index in [0.29, 0.717) is 18.0 Å². The van der Waals surface area contributed by atoms with Crippen molar-refractivity contribution in [3.63, 3.8) is 0 Å². The summed E-state index contributed by atoms with van der Waals surface area (Å²) in [6.07, 6.45) is 2.39. The number of benzene rings is 2. The number of para-hydroxylation sites is 2. The van der Waals surface area contributed by atoms with Crippen LogP contribution in [0.1, 0.15) is 31.4 Å². The largest absolute Gasteiger partial charge is 0.492 e. The fraction of sp³-hybridized carbons (Fsp3) is 0.381. The number of hydrogen-bond acceptors (Lipinski definition) is 3. The first-order valence-corrected chi connectivity index (χ1v) is 9.30. The van der Waals surface area contributed by atoms with Crippen molar-refractivity contribution in [1.82, 2.24) is 0 Å². The first kappa shape index (κ1) is 18.4. The molecule has 2 aromatic rings. The summed E-state index contributed by atoms with van der Waals surface area (Å²) in [5.74, 6) is 0.635. The molecule has 0 saturated carbocycles. The Morgan fingerprint density at radius 2 is 2.00 bits per heavy atom. The van der Waals surface area contributed by atoms with Gasteiger partial charge >= 0.3 is 0 Å². The smallest absolute Gasteiger partial charge is 0.287 e. The molecule has 3 rings (SSSR count). The van der Waals surface area contributed by atoms with Gasteiger partial charge in [0.05, 0.1) is 12.3 Å². The fourth-order valence-corrected chi connectivity index (χ4v) is 3.23. The number of rotatable bonds is 8. The van der Waals surface area contributed by atoms with Crippen LogP contribution in [-0.2, 0) is 9.53 Å². The lowest BCUT2D eigenvalue weighted by molar-refractivity contribution is -0.687. The molecule has 26 heavy (non-hydrogen) atoms. The molecule has 3 N–H and O–H groups in total. The molecule has 1 aliphatic heterocycles. The molecule has 0 radical (unpaired) electrons. The van der Waals surface area contributed by atoms with Gasteiger partial charge in [-0.15, -0.1) is 0 Å². The van der Waals surface area contributed by atoms with Gasteiger partial charge in [0, 0.05) is 12.2 Å². The predicted octanol–water partition coefficient (Wildman–Crippen LogP) is 2.51. The van der Waals surface area contributed by atoms with E-state index in [1.807, 2.05) is 61.5 Å². The number of quaternary nitrogens is 1. The molecule has 138 valence electrons. The highest BCUT2D eigenvalue weighted by molar-refractivity contribution is 5.95. The van der Waals surface area contributed by atoms with E-state index in [-0.39, 0.29) is 18.1 Å². The number of amides is 1. The molecule has 5 heteroatoms. The van der Waals surface area contributed by atoms with Gasteiger partial charge in [0.15, 0.2) is 6.04 Å². The highest BCUT2D eigenvalue weighted by Gasteiger charge is 2.27. The molecule has 1 heterocycles. The Morgan fingerprint density at radius 1 is 1.23 bits per heavy atom. The molecule has 0 spiro atoms. The second-order valence-electron chi connectivity index (χ2n) is 6.41. The Hall–Kier alpha value is -2.37. The lowest BCUT2D eigenvalue weighted by Gasteiger charge is -2.19. The van der Waals surface area contributed by atoms with Gasteiger partial charge in [0.2, 0.25) is 0 Å². The van der Waals surface area contributed by atoms with E-state index in [0.717, 1.165) is 31.6 Å². The summed E-state index contributed by atoms with van der Waals surface area (Å²) >= 11 is 0. The van der Waals surface area contributed by atoms with Crippen molar-refractivity contribution < 1.29 is 19.6 Å². The van der Waals surface area contributed by atoms with Gasteiger partial charge in [0.1, 0.15) is 18.4 Å². The monoisotopic (exact) mass is 355 g/mol.